The molecule has 0 heterocycles. The van der Waals surface area contributed by atoms with Crippen LogP contribution < -0.4 is 4.74 Å². The summed E-state index contributed by atoms with van der Waals surface area (Å²) in [5.41, 5.74) is -0.429. The average molecular weight is 342 g/mol. The molecule has 0 saturated heterocycles. The van der Waals surface area contributed by atoms with E-state index in [1.807, 2.05) is 0 Å². The molecule has 82 valence electrons. The van der Waals surface area contributed by atoms with Crippen molar-refractivity contribution < 1.29 is 19.0 Å². The molecule has 0 atom stereocenters. The molecular formula is C9H7Br2FO3. The highest BCUT2D eigenvalue weighted by molar-refractivity contribution is 9.11. The summed E-state index contributed by atoms with van der Waals surface area (Å²) in [6.45, 7) is 1.95. The van der Waals surface area contributed by atoms with Crippen molar-refractivity contribution in [2.75, 3.05) is 6.61 Å². The van der Waals surface area contributed by atoms with E-state index in [1.54, 1.807) is 6.92 Å². The van der Waals surface area contributed by atoms with Crippen LogP contribution in [0.4, 0.5) is 4.39 Å². The second-order valence-corrected chi connectivity index (χ2v) is 4.31. The van der Waals surface area contributed by atoms with E-state index in [-0.39, 0.29) is 16.8 Å². The molecule has 1 aromatic rings. The van der Waals surface area contributed by atoms with E-state index in [1.165, 1.54) is 6.07 Å². The van der Waals surface area contributed by atoms with Gasteiger partial charge in [-0.2, -0.15) is 0 Å². The zero-order chi connectivity index (χ0) is 11.6. The van der Waals surface area contributed by atoms with Crippen LogP contribution in [0.3, 0.4) is 0 Å². The Morgan fingerprint density at radius 2 is 2.13 bits per heavy atom. The first-order chi connectivity index (χ1) is 6.99. The molecular weight excluding hydrogens is 335 g/mol. The smallest absolute Gasteiger partial charge is 0.339 e. The van der Waals surface area contributed by atoms with E-state index >= 15 is 0 Å². The van der Waals surface area contributed by atoms with E-state index < -0.39 is 17.3 Å². The fraction of sp³-hybridized carbons (Fsp3) is 0.222. The Bertz CT molecular complexity index is 407. The van der Waals surface area contributed by atoms with Crippen LogP contribution in [0, 0.1) is 5.82 Å². The van der Waals surface area contributed by atoms with Gasteiger partial charge in [-0.1, -0.05) is 0 Å². The molecule has 0 unspecified atom stereocenters. The zero-order valence-corrected chi connectivity index (χ0v) is 10.9. The molecule has 0 bridgehead atoms. The number of carboxylic acid groups (broad SMARTS) is 1. The van der Waals surface area contributed by atoms with Gasteiger partial charge in [-0.15, -0.1) is 0 Å². The topological polar surface area (TPSA) is 46.5 Å². The number of halogens is 3. The van der Waals surface area contributed by atoms with E-state index in [0.717, 1.165) is 0 Å². The molecule has 1 aromatic carbocycles. The van der Waals surface area contributed by atoms with Crippen molar-refractivity contribution in [1.82, 2.24) is 0 Å². The van der Waals surface area contributed by atoms with Gasteiger partial charge in [0.25, 0.3) is 0 Å². The number of rotatable bonds is 3. The van der Waals surface area contributed by atoms with Gasteiger partial charge in [-0.25, -0.2) is 9.18 Å². The Kier molecular flexibility index (Phi) is 4.10. The molecule has 0 aliphatic carbocycles. The molecule has 15 heavy (non-hydrogen) atoms. The maximum atomic E-state index is 13.7. The van der Waals surface area contributed by atoms with Crippen molar-refractivity contribution in [1.29, 1.82) is 0 Å². The van der Waals surface area contributed by atoms with Crippen LogP contribution in [0.1, 0.15) is 17.3 Å². The summed E-state index contributed by atoms with van der Waals surface area (Å²) < 4.78 is 19.2. The van der Waals surface area contributed by atoms with Crippen molar-refractivity contribution >= 4 is 37.8 Å². The highest BCUT2D eigenvalue weighted by atomic mass is 79.9. The highest BCUT2D eigenvalue weighted by Crippen LogP contribution is 2.35. The molecule has 0 radical (unpaired) electrons. The van der Waals surface area contributed by atoms with Gasteiger partial charge in [0.1, 0.15) is 5.56 Å². The molecule has 0 aliphatic heterocycles. The average Bonchev–Trinajstić information content (AvgIpc) is 2.11. The van der Waals surface area contributed by atoms with Crippen LogP contribution in [0.2, 0.25) is 0 Å². The monoisotopic (exact) mass is 340 g/mol. The third kappa shape index (κ3) is 2.49. The number of hydrogen-bond donors (Lipinski definition) is 1. The Hall–Kier alpha value is -0.620. The summed E-state index contributed by atoms with van der Waals surface area (Å²) in [5, 5.41) is 8.79. The number of carbonyl (C=O) groups is 1. The first-order valence-corrected chi connectivity index (χ1v) is 5.61. The predicted octanol–water partition coefficient (Wildman–Crippen LogP) is 3.45. The maximum absolute atomic E-state index is 13.7. The minimum Gasteiger partial charge on any atom is -0.490 e. The van der Waals surface area contributed by atoms with Gasteiger partial charge in [-0.3, -0.25) is 0 Å². The Morgan fingerprint density at radius 1 is 1.53 bits per heavy atom. The second kappa shape index (κ2) is 4.94. The lowest BCUT2D eigenvalue weighted by molar-refractivity contribution is 0.0689. The summed E-state index contributed by atoms with van der Waals surface area (Å²) in [7, 11) is 0. The molecule has 1 rings (SSSR count). The Labute approximate surface area is 102 Å². The van der Waals surface area contributed by atoms with Gasteiger partial charge in [-0.05, 0) is 44.8 Å². The lowest BCUT2D eigenvalue weighted by Gasteiger charge is -2.10. The number of hydrogen-bond acceptors (Lipinski definition) is 2. The molecule has 0 spiro atoms. The van der Waals surface area contributed by atoms with Crippen LogP contribution in [-0.4, -0.2) is 17.7 Å². The van der Waals surface area contributed by atoms with Crippen molar-refractivity contribution in [3.63, 3.8) is 0 Å². The maximum Gasteiger partial charge on any atom is 0.339 e. The summed E-state index contributed by atoms with van der Waals surface area (Å²) in [4.78, 5) is 10.8. The molecule has 0 saturated carbocycles. The third-order valence-corrected chi connectivity index (χ3v) is 2.85. The van der Waals surface area contributed by atoms with Crippen LogP contribution in [-0.2, 0) is 0 Å². The summed E-state index contributed by atoms with van der Waals surface area (Å²) >= 11 is 6.07. The van der Waals surface area contributed by atoms with E-state index in [2.05, 4.69) is 31.9 Å². The van der Waals surface area contributed by atoms with Gasteiger partial charge >= 0.3 is 5.97 Å². The number of carboxylic acids is 1. The molecule has 1 N–H and O–H groups in total. The van der Waals surface area contributed by atoms with Gasteiger partial charge in [0.05, 0.1) is 11.1 Å². The molecule has 6 heteroatoms. The Balaban J connectivity index is 3.42. The fourth-order valence-electron chi connectivity index (χ4n) is 1.04. The lowest BCUT2D eigenvalue weighted by Crippen LogP contribution is -2.06. The van der Waals surface area contributed by atoms with Crippen molar-refractivity contribution in [2.24, 2.45) is 0 Å². The predicted molar refractivity (Wildman–Crippen MR) is 59.9 cm³/mol. The van der Waals surface area contributed by atoms with E-state index in [0.29, 0.717) is 4.47 Å². The van der Waals surface area contributed by atoms with Crippen molar-refractivity contribution in [2.45, 2.75) is 6.92 Å². The van der Waals surface area contributed by atoms with Gasteiger partial charge in [0.15, 0.2) is 11.6 Å². The first-order valence-electron chi connectivity index (χ1n) is 4.02. The number of aromatic carboxylic acids is 1. The van der Waals surface area contributed by atoms with Gasteiger partial charge in [0, 0.05) is 4.47 Å². The van der Waals surface area contributed by atoms with Crippen LogP contribution >= 0.6 is 31.9 Å². The fourth-order valence-corrected chi connectivity index (χ4v) is 2.44. The van der Waals surface area contributed by atoms with Crippen LogP contribution in [0.15, 0.2) is 15.0 Å². The normalized spacial score (nSPS) is 10.1. The summed E-state index contributed by atoms with van der Waals surface area (Å²) in [5.74, 6) is -2.31. The minimum absolute atomic E-state index is 0.0851. The van der Waals surface area contributed by atoms with Gasteiger partial charge in [0.2, 0.25) is 0 Å². The lowest BCUT2D eigenvalue weighted by atomic mass is 10.2. The molecule has 3 nitrogen and oxygen atoms in total. The molecule has 0 fully saturated rings. The largest absolute Gasteiger partial charge is 0.490 e. The highest BCUT2D eigenvalue weighted by Gasteiger charge is 2.21. The van der Waals surface area contributed by atoms with Crippen LogP contribution in [0.25, 0.3) is 0 Å². The molecule has 0 aromatic heterocycles. The molecule has 0 amide bonds. The number of benzene rings is 1. The third-order valence-electron chi connectivity index (χ3n) is 1.63. The quantitative estimate of drug-likeness (QED) is 0.915. The van der Waals surface area contributed by atoms with Crippen molar-refractivity contribution in [3.8, 4) is 5.75 Å². The zero-order valence-electron chi connectivity index (χ0n) is 7.68. The standard InChI is InChI=1S/C9H7Br2FO3/c1-2-15-8-5(11)3-4(10)6(7(8)12)9(13)14/h3H,2H2,1H3,(H,13,14). The van der Waals surface area contributed by atoms with Gasteiger partial charge < -0.3 is 9.84 Å². The molecule has 0 aliphatic rings. The SMILES string of the molecule is CCOc1c(Br)cc(Br)c(C(=O)O)c1F. The van der Waals surface area contributed by atoms with Crippen LogP contribution in [0.5, 0.6) is 5.75 Å². The second-order valence-electron chi connectivity index (χ2n) is 2.60. The Morgan fingerprint density at radius 3 is 2.60 bits per heavy atom. The van der Waals surface area contributed by atoms with Crippen molar-refractivity contribution in [3.05, 3.63) is 26.4 Å². The minimum atomic E-state index is -1.34. The van der Waals surface area contributed by atoms with E-state index in [4.69, 9.17) is 9.84 Å². The summed E-state index contributed by atoms with van der Waals surface area (Å²) in [6, 6.07) is 1.44. The van der Waals surface area contributed by atoms with E-state index in [9.17, 15) is 9.18 Å². The summed E-state index contributed by atoms with van der Waals surface area (Å²) in [6.07, 6.45) is 0. The number of ether oxygens (including phenoxy) is 1. The first kappa shape index (κ1) is 12.4.